The maximum absolute atomic E-state index is 13.7. The lowest BCUT2D eigenvalue weighted by molar-refractivity contribution is -0.132. The van der Waals surface area contributed by atoms with E-state index in [1.807, 2.05) is 13.0 Å². The Bertz CT molecular complexity index is 1640. The molecule has 0 spiro atoms. The molecule has 41 heavy (non-hydrogen) atoms. The summed E-state index contributed by atoms with van der Waals surface area (Å²) in [6.45, 7) is 2.34. The Morgan fingerprint density at radius 2 is 1.56 bits per heavy atom. The first-order chi connectivity index (χ1) is 19.8. The van der Waals surface area contributed by atoms with Gasteiger partial charge in [-0.05, 0) is 67.1 Å². The molecule has 10 nitrogen and oxygen atoms in total. The molecule has 1 aromatic heterocycles. The highest BCUT2D eigenvalue weighted by atomic mass is 32.1. The number of benzene rings is 3. The van der Waals surface area contributed by atoms with Gasteiger partial charge in [-0.25, -0.2) is 4.98 Å². The van der Waals surface area contributed by atoms with E-state index in [4.69, 9.17) is 23.7 Å². The summed E-state index contributed by atoms with van der Waals surface area (Å²) in [7, 11) is 5.98. The number of hydrogen-bond donors (Lipinski definition) is 1. The molecule has 1 fully saturated rings. The zero-order valence-corrected chi connectivity index (χ0v) is 23.9. The lowest BCUT2D eigenvalue weighted by atomic mass is 9.94. The van der Waals surface area contributed by atoms with Gasteiger partial charge < -0.3 is 28.8 Å². The number of aliphatic hydroxyl groups excluding tert-OH is 1. The molecular weight excluding hydrogens is 548 g/mol. The first-order valence-electron chi connectivity index (χ1n) is 12.6. The van der Waals surface area contributed by atoms with Crippen LogP contribution in [-0.2, 0) is 9.59 Å². The fourth-order valence-corrected chi connectivity index (χ4v) is 5.78. The number of amides is 1. The maximum Gasteiger partial charge on any atom is 0.301 e. The molecule has 212 valence electrons. The number of aliphatic hydroxyl groups is 1. The van der Waals surface area contributed by atoms with Crippen molar-refractivity contribution >= 4 is 44.1 Å². The van der Waals surface area contributed by atoms with Crippen LogP contribution in [0.2, 0.25) is 0 Å². The Morgan fingerprint density at radius 3 is 2.15 bits per heavy atom. The molecule has 11 heteroatoms. The van der Waals surface area contributed by atoms with Gasteiger partial charge in [0.25, 0.3) is 5.78 Å². The molecule has 5 rings (SSSR count). The van der Waals surface area contributed by atoms with E-state index in [-0.39, 0.29) is 16.5 Å². The number of carbonyl (C=O) groups is 2. The Hall–Kier alpha value is -4.77. The number of fused-ring (bicyclic) bond motifs is 1. The van der Waals surface area contributed by atoms with Crippen LogP contribution in [0.25, 0.3) is 16.0 Å². The van der Waals surface area contributed by atoms with Crippen molar-refractivity contribution in [3.05, 3.63) is 71.3 Å². The summed E-state index contributed by atoms with van der Waals surface area (Å²) >= 11 is 1.23. The topological polar surface area (TPSA) is 117 Å². The van der Waals surface area contributed by atoms with Gasteiger partial charge >= 0.3 is 5.91 Å². The average molecular weight is 577 g/mol. The van der Waals surface area contributed by atoms with Crippen molar-refractivity contribution < 1.29 is 38.4 Å². The van der Waals surface area contributed by atoms with Crippen LogP contribution >= 0.6 is 11.3 Å². The monoisotopic (exact) mass is 576 g/mol. The van der Waals surface area contributed by atoms with Crippen molar-refractivity contribution in [2.75, 3.05) is 39.9 Å². The van der Waals surface area contributed by atoms with Gasteiger partial charge in [0, 0.05) is 5.56 Å². The van der Waals surface area contributed by atoms with Gasteiger partial charge in [0.05, 0.1) is 56.9 Å². The molecule has 3 aromatic carbocycles. The first-order valence-corrected chi connectivity index (χ1v) is 13.5. The van der Waals surface area contributed by atoms with Gasteiger partial charge in [0.2, 0.25) is 5.75 Å². The number of thiazole rings is 1. The Morgan fingerprint density at radius 1 is 0.902 bits per heavy atom. The highest BCUT2D eigenvalue weighted by Crippen LogP contribution is 2.48. The van der Waals surface area contributed by atoms with Crippen molar-refractivity contribution in [2.45, 2.75) is 13.0 Å². The third-order valence-electron chi connectivity index (χ3n) is 6.68. The highest BCUT2D eigenvalue weighted by Gasteiger charge is 2.48. The van der Waals surface area contributed by atoms with Crippen molar-refractivity contribution in [3.63, 3.8) is 0 Å². The SMILES string of the molecule is CCOc1ccc(/C(O)=C2\C(=O)C(=O)N(c3nc4ccc(OC)cc4s3)[C@@H]2c2cc(OC)c(OC)c(OC)c2)cc1. The van der Waals surface area contributed by atoms with Gasteiger partial charge in [-0.2, -0.15) is 0 Å². The molecule has 1 aliphatic heterocycles. The largest absolute Gasteiger partial charge is 0.507 e. The lowest BCUT2D eigenvalue weighted by Crippen LogP contribution is -2.29. The van der Waals surface area contributed by atoms with E-state index >= 15 is 0 Å². The summed E-state index contributed by atoms with van der Waals surface area (Å²) in [6, 6.07) is 14.2. The Labute approximate surface area is 240 Å². The summed E-state index contributed by atoms with van der Waals surface area (Å²) in [6.07, 6.45) is 0. The van der Waals surface area contributed by atoms with Crippen molar-refractivity contribution in [1.29, 1.82) is 0 Å². The summed E-state index contributed by atoms with van der Waals surface area (Å²) < 4.78 is 28.2. The minimum atomic E-state index is -1.06. The zero-order chi connectivity index (χ0) is 29.3. The van der Waals surface area contributed by atoms with E-state index < -0.39 is 17.7 Å². The second kappa shape index (κ2) is 11.4. The lowest BCUT2D eigenvalue weighted by Gasteiger charge is -2.24. The molecule has 0 unspecified atom stereocenters. The number of Topliss-reactive ketones (excluding diaryl/α,β-unsaturated/α-hetero) is 1. The van der Waals surface area contributed by atoms with E-state index in [0.717, 1.165) is 4.70 Å². The predicted molar refractivity (Wildman–Crippen MR) is 155 cm³/mol. The third-order valence-corrected chi connectivity index (χ3v) is 7.69. The molecule has 2 heterocycles. The normalized spacial score (nSPS) is 16.2. The molecular formula is C30H28N2O8S. The molecule has 0 bridgehead atoms. The number of aromatic nitrogens is 1. The predicted octanol–water partition coefficient (Wildman–Crippen LogP) is 5.36. The van der Waals surface area contributed by atoms with Crippen LogP contribution in [0.1, 0.15) is 24.1 Å². The van der Waals surface area contributed by atoms with Gasteiger partial charge in [-0.1, -0.05) is 11.3 Å². The van der Waals surface area contributed by atoms with Crippen LogP contribution in [0.5, 0.6) is 28.7 Å². The average Bonchev–Trinajstić information content (AvgIpc) is 3.53. The molecule has 1 aliphatic rings. The Balaban J connectivity index is 1.74. The molecule has 1 N–H and O–H groups in total. The van der Waals surface area contributed by atoms with E-state index in [2.05, 4.69) is 4.98 Å². The molecule has 4 aromatic rings. The van der Waals surface area contributed by atoms with Crippen molar-refractivity contribution in [3.8, 4) is 28.7 Å². The fraction of sp³-hybridized carbons (Fsp3) is 0.233. The second-order valence-electron chi connectivity index (χ2n) is 8.92. The second-order valence-corrected chi connectivity index (χ2v) is 9.92. The third kappa shape index (κ3) is 4.89. The van der Waals surface area contributed by atoms with Crippen molar-refractivity contribution in [1.82, 2.24) is 4.98 Å². The van der Waals surface area contributed by atoms with Crippen LogP contribution in [0, 0.1) is 0 Å². The first kappa shape index (κ1) is 27.8. The molecule has 0 radical (unpaired) electrons. The van der Waals surface area contributed by atoms with Crippen LogP contribution < -0.4 is 28.6 Å². The van der Waals surface area contributed by atoms with Gasteiger partial charge in [-0.15, -0.1) is 0 Å². The summed E-state index contributed by atoms with van der Waals surface area (Å²) in [5.41, 5.74) is 1.31. The number of rotatable bonds is 9. The quantitative estimate of drug-likeness (QED) is 0.160. The van der Waals surface area contributed by atoms with Crippen LogP contribution in [0.3, 0.4) is 0 Å². The van der Waals surface area contributed by atoms with Gasteiger partial charge in [0.1, 0.15) is 17.3 Å². The van der Waals surface area contributed by atoms with E-state index in [0.29, 0.717) is 52.0 Å². The van der Waals surface area contributed by atoms with Crippen LogP contribution in [-0.4, -0.2) is 56.8 Å². The molecule has 1 saturated heterocycles. The Kier molecular flexibility index (Phi) is 7.71. The number of nitrogens with zero attached hydrogens (tertiary/aromatic N) is 2. The van der Waals surface area contributed by atoms with Gasteiger partial charge in [0.15, 0.2) is 16.6 Å². The number of ketones is 1. The number of ether oxygens (including phenoxy) is 5. The van der Waals surface area contributed by atoms with E-state index in [1.54, 1.807) is 55.6 Å². The number of hydrogen-bond acceptors (Lipinski definition) is 10. The summed E-state index contributed by atoms with van der Waals surface area (Å²) in [5.74, 6) is 0.200. The molecule has 1 amide bonds. The standard InChI is InChI=1S/C30H28N2O8S/c1-6-40-18-9-7-16(8-10-18)26(33)24-25(17-13-21(37-3)28(39-5)22(14-17)38-4)32(29(35)27(24)34)30-31-20-12-11-19(36-2)15-23(20)41-30/h7-15,25,33H,6H2,1-5H3/b26-24+/t25-/m1/s1. The van der Waals surface area contributed by atoms with Crippen LogP contribution in [0.15, 0.2) is 60.2 Å². The van der Waals surface area contributed by atoms with Crippen molar-refractivity contribution in [2.24, 2.45) is 0 Å². The smallest absolute Gasteiger partial charge is 0.301 e. The summed E-state index contributed by atoms with van der Waals surface area (Å²) in [4.78, 5) is 33.3. The van der Waals surface area contributed by atoms with Gasteiger partial charge in [-0.3, -0.25) is 14.5 Å². The number of methoxy groups -OCH3 is 4. The van der Waals surface area contributed by atoms with E-state index in [9.17, 15) is 14.7 Å². The molecule has 0 saturated carbocycles. The molecule has 1 atom stereocenters. The summed E-state index contributed by atoms with van der Waals surface area (Å²) in [5, 5.41) is 11.8. The van der Waals surface area contributed by atoms with Crippen LogP contribution in [0.4, 0.5) is 5.13 Å². The fourth-order valence-electron chi connectivity index (χ4n) is 4.76. The minimum absolute atomic E-state index is 0.106. The number of carbonyl (C=O) groups excluding carboxylic acids is 2. The number of anilines is 1. The minimum Gasteiger partial charge on any atom is -0.507 e. The highest BCUT2D eigenvalue weighted by molar-refractivity contribution is 7.22. The maximum atomic E-state index is 13.7. The zero-order valence-electron chi connectivity index (χ0n) is 23.1. The molecule has 0 aliphatic carbocycles. The van der Waals surface area contributed by atoms with E-state index in [1.165, 1.54) is 37.6 Å².